The number of H-pyrrole nitrogens is 1. The molecule has 0 aliphatic heterocycles. The maximum Gasteiger partial charge on any atom is 0.209 e. The minimum atomic E-state index is -3.40. The number of fused-ring (bicyclic) bond motifs is 1. The van der Waals surface area contributed by atoms with E-state index >= 15 is 0 Å². The summed E-state index contributed by atoms with van der Waals surface area (Å²) in [6.45, 7) is 0.460. The summed E-state index contributed by atoms with van der Waals surface area (Å²) in [5, 5.41) is 7.90. The number of primary sulfonamides is 1. The molecule has 0 aromatic carbocycles. The Morgan fingerprint density at radius 2 is 2.18 bits per heavy atom. The number of anilines is 1. The van der Waals surface area contributed by atoms with Gasteiger partial charge in [0, 0.05) is 6.54 Å². The molecule has 8 nitrogen and oxygen atoms in total. The minimum absolute atomic E-state index is 0.0583. The molecule has 0 saturated heterocycles. The monoisotopic (exact) mass is 256 g/mol. The predicted molar refractivity (Wildman–Crippen MR) is 62.8 cm³/mol. The van der Waals surface area contributed by atoms with Crippen molar-refractivity contribution in [2.75, 3.05) is 17.6 Å². The lowest BCUT2D eigenvalue weighted by Gasteiger charge is -2.04. The van der Waals surface area contributed by atoms with Crippen LogP contribution in [0.15, 0.2) is 12.7 Å². The molecule has 2 aromatic rings. The minimum Gasteiger partial charge on any atom is -0.368 e. The predicted octanol–water partition coefficient (Wildman–Crippen LogP) is -0.557. The average molecular weight is 256 g/mol. The van der Waals surface area contributed by atoms with Crippen molar-refractivity contribution in [2.45, 2.75) is 6.42 Å². The van der Waals surface area contributed by atoms with Crippen LogP contribution >= 0.6 is 0 Å². The molecule has 0 amide bonds. The van der Waals surface area contributed by atoms with Gasteiger partial charge in [-0.3, -0.25) is 0 Å². The molecule has 0 radical (unpaired) electrons. The average Bonchev–Trinajstić information content (AvgIpc) is 2.71. The summed E-state index contributed by atoms with van der Waals surface area (Å²) in [6, 6.07) is 0. The second kappa shape index (κ2) is 4.63. The number of aromatic amines is 1. The standard InChI is InChI=1S/C8H12N6O2S/c9-17(15,16)3-1-2-10-7-6-8(12-4-11-6)14-5-13-7/h4-5H,1-3H2,(H2,9,15,16)(H2,10,11,12,13,14). The third-order valence-electron chi connectivity index (χ3n) is 2.12. The van der Waals surface area contributed by atoms with E-state index in [2.05, 4.69) is 25.3 Å². The van der Waals surface area contributed by atoms with Crippen LogP contribution in [0.2, 0.25) is 0 Å². The number of aromatic nitrogens is 4. The Morgan fingerprint density at radius 3 is 2.94 bits per heavy atom. The summed E-state index contributed by atoms with van der Waals surface area (Å²) in [5.41, 5.74) is 1.26. The number of sulfonamides is 1. The van der Waals surface area contributed by atoms with Crippen molar-refractivity contribution in [1.29, 1.82) is 0 Å². The maximum absolute atomic E-state index is 10.7. The zero-order chi connectivity index (χ0) is 12.3. The first-order valence-electron chi connectivity index (χ1n) is 4.95. The normalized spacial score (nSPS) is 11.8. The van der Waals surface area contributed by atoms with E-state index in [1.807, 2.05) is 0 Å². The molecule has 17 heavy (non-hydrogen) atoms. The van der Waals surface area contributed by atoms with Crippen molar-refractivity contribution < 1.29 is 8.42 Å². The Balaban J connectivity index is 1.97. The van der Waals surface area contributed by atoms with Crippen LogP contribution in [-0.2, 0) is 10.0 Å². The van der Waals surface area contributed by atoms with Crippen molar-refractivity contribution in [3.63, 3.8) is 0 Å². The van der Waals surface area contributed by atoms with Gasteiger partial charge in [0.1, 0.15) is 11.8 Å². The van der Waals surface area contributed by atoms with Gasteiger partial charge >= 0.3 is 0 Å². The number of nitrogens with zero attached hydrogens (tertiary/aromatic N) is 3. The summed E-state index contributed by atoms with van der Waals surface area (Å²) in [5.74, 6) is 0.541. The summed E-state index contributed by atoms with van der Waals surface area (Å²) in [6.07, 6.45) is 3.33. The molecule has 2 aromatic heterocycles. The highest BCUT2D eigenvalue weighted by atomic mass is 32.2. The van der Waals surface area contributed by atoms with Crippen LogP contribution in [0.25, 0.3) is 11.2 Å². The Hall–Kier alpha value is -1.74. The first-order chi connectivity index (χ1) is 8.06. The second-order valence-corrected chi connectivity index (χ2v) is 5.20. The van der Waals surface area contributed by atoms with Gasteiger partial charge in [-0.1, -0.05) is 0 Å². The molecular weight excluding hydrogens is 244 g/mol. The van der Waals surface area contributed by atoms with Crippen LogP contribution in [0.4, 0.5) is 5.82 Å². The van der Waals surface area contributed by atoms with E-state index in [4.69, 9.17) is 5.14 Å². The number of hydrogen-bond donors (Lipinski definition) is 3. The van der Waals surface area contributed by atoms with E-state index in [9.17, 15) is 8.42 Å². The highest BCUT2D eigenvalue weighted by Gasteiger charge is 2.06. The SMILES string of the molecule is NS(=O)(=O)CCCNc1ncnc2nc[nH]c12. The van der Waals surface area contributed by atoms with E-state index < -0.39 is 10.0 Å². The molecule has 0 atom stereocenters. The van der Waals surface area contributed by atoms with Gasteiger partial charge < -0.3 is 10.3 Å². The highest BCUT2D eigenvalue weighted by Crippen LogP contribution is 2.13. The summed E-state index contributed by atoms with van der Waals surface area (Å²) < 4.78 is 21.4. The topological polar surface area (TPSA) is 127 Å². The van der Waals surface area contributed by atoms with Gasteiger partial charge in [0.15, 0.2) is 11.5 Å². The second-order valence-electron chi connectivity index (χ2n) is 3.47. The fraction of sp³-hybridized carbons (Fsp3) is 0.375. The molecule has 9 heteroatoms. The number of hydrogen-bond acceptors (Lipinski definition) is 6. The smallest absolute Gasteiger partial charge is 0.209 e. The summed E-state index contributed by atoms with van der Waals surface area (Å²) >= 11 is 0. The Labute approximate surface area is 97.7 Å². The fourth-order valence-electron chi connectivity index (χ4n) is 1.38. The molecule has 4 N–H and O–H groups in total. The fourth-order valence-corrected chi connectivity index (χ4v) is 1.93. The number of rotatable bonds is 5. The summed E-state index contributed by atoms with van der Waals surface area (Å²) in [7, 11) is -3.40. The van der Waals surface area contributed by atoms with Gasteiger partial charge in [-0.25, -0.2) is 28.5 Å². The Kier molecular flexibility index (Phi) is 3.20. The lowest BCUT2D eigenvalue weighted by Crippen LogP contribution is -2.18. The van der Waals surface area contributed by atoms with Crippen LogP contribution in [0.3, 0.4) is 0 Å². The van der Waals surface area contributed by atoms with Gasteiger partial charge in [-0.2, -0.15) is 0 Å². The third kappa shape index (κ3) is 3.11. The van der Waals surface area contributed by atoms with Gasteiger partial charge in [0.25, 0.3) is 0 Å². The van der Waals surface area contributed by atoms with Crippen molar-refractivity contribution >= 4 is 27.0 Å². The number of imidazole rings is 1. The molecule has 0 fully saturated rings. The highest BCUT2D eigenvalue weighted by molar-refractivity contribution is 7.89. The number of nitrogens with one attached hydrogen (secondary N) is 2. The van der Waals surface area contributed by atoms with Crippen LogP contribution in [-0.4, -0.2) is 40.7 Å². The molecule has 0 saturated carbocycles. The molecule has 2 heterocycles. The van der Waals surface area contributed by atoms with Crippen LogP contribution < -0.4 is 10.5 Å². The number of nitrogens with two attached hydrogens (primary N) is 1. The third-order valence-corrected chi connectivity index (χ3v) is 2.98. The van der Waals surface area contributed by atoms with E-state index in [0.717, 1.165) is 0 Å². The summed E-state index contributed by atoms with van der Waals surface area (Å²) in [4.78, 5) is 14.9. The van der Waals surface area contributed by atoms with E-state index in [0.29, 0.717) is 29.9 Å². The van der Waals surface area contributed by atoms with Crippen molar-refractivity contribution in [3.8, 4) is 0 Å². The Bertz CT molecular complexity index is 607. The maximum atomic E-state index is 10.7. The lowest BCUT2D eigenvalue weighted by atomic mass is 10.4. The van der Waals surface area contributed by atoms with Gasteiger partial charge in [-0.15, -0.1) is 0 Å². The van der Waals surface area contributed by atoms with Gasteiger partial charge in [0.2, 0.25) is 10.0 Å². The molecular formula is C8H12N6O2S. The van der Waals surface area contributed by atoms with Gasteiger partial charge in [0.05, 0.1) is 12.1 Å². The Morgan fingerprint density at radius 1 is 1.35 bits per heavy atom. The largest absolute Gasteiger partial charge is 0.368 e. The van der Waals surface area contributed by atoms with Crippen LogP contribution in [0.1, 0.15) is 6.42 Å². The van der Waals surface area contributed by atoms with Crippen molar-refractivity contribution in [3.05, 3.63) is 12.7 Å². The van der Waals surface area contributed by atoms with Crippen molar-refractivity contribution in [1.82, 2.24) is 19.9 Å². The molecule has 0 unspecified atom stereocenters. The quantitative estimate of drug-likeness (QED) is 0.616. The molecule has 92 valence electrons. The van der Waals surface area contributed by atoms with Crippen LogP contribution in [0.5, 0.6) is 0 Å². The first-order valence-corrected chi connectivity index (χ1v) is 6.66. The zero-order valence-corrected chi connectivity index (χ0v) is 9.74. The van der Waals surface area contributed by atoms with Crippen LogP contribution in [0, 0.1) is 0 Å². The van der Waals surface area contributed by atoms with E-state index in [-0.39, 0.29) is 5.75 Å². The van der Waals surface area contributed by atoms with Gasteiger partial charge in [-0.05, 0) is 6.42 Å². The molecule has 2 rings (SSSR count). The molecule has 0 spiro atoms. The lowest BCUT2D eigenvalue weighted by molar-refractivity contribution is 0.596. The molecule has 0 aliphatic rings. The van der Waals surface area contributed by atoms with Crippen molar-refractivity contribution in [2.24, 2.45) is 5.14 Å². The zero-order valence-electron chi connectivity index (χ0n) is 8.92. The molecule has 0 aliphatic carbocycles. The molecule has 0 bridgehead atoms. The van der Waals surface area contributed by atoms with E-state index in [1.54, 1.807) is 0 Å². The first kappa shape index (κ1) is 11.7. The van der Waals surface area contributed by atoms with E-state index in [1.165, 1.54) is 12.7 Å².